The summed E-state index contributed by atoms with van der Waals surface area (Å²) < 4.78 is 10.1. The van der Waals surface area contributed by atoms with Gasteiger partial charge in [0, 0.05) is 0 Å². The van der Waals surface area contributed by atoms with Crippen molar-refractivity contribution in [1.82, 2.24) is 4.90 Å². The van der Waals surface area contributed by atoms with E-state index >= 15 is 0 Å². The summed E-state index contributed by atoms with van der Waals surface area (Å²) in [5, 5.41) is -0.261. The SMILES string of the molecule is CCCOC(=O)CN1C(=O)SC(=Cc2ccc(OC)cc2)C1=S. The molecule has 0 N–H and O–H groups in total. The van der Waals surface area contributed by atoms with Crippen LogP contribution in [0.15, 0.2) is 29.2 Å². The third kappa shape index (κ3) is 4.56. The second-order valence-electron chi connectivity index (χ2n) is 4.76. The lowest BCUT2D eigenvalue weighted by Gasteiger charge is -2.13. The number of carbonyl (C=O) groups is 2. The molecule has 0 saturated carbocycles. The molecule has 5 nitrogen and oxygen atoms in total. The summed E-state index contributed by atoms with van der Waals surface area (Å²) in [5.74, 6) is 0.305. The minimum absolute atomic E-state index is 0.148. The minimum Gasteiger partial charge on any atom is -0.497 e. The number of benzene rings is 1. The Labute approximate surface area is 144 Å². The lowest BCUT2D eigenvalue weighted by Crippen LogP contribution is -2.33. The van der Waals surface area contributed by atoms with Crippen LogP contribution < -0.4 is 4.74 Å². The van der Waals surface area contributed by atoms with Crippen molar-refractivity contribution in [2.75, 3.05) is 20.3 Å². The summed E-state index contributed by atoms with van der Waals surface area (Å²) in [4.78, 5) is 26.0. The van der Waals surface area contributed by atoms with Gasteiger partial charge < -0.3 is 9.47 Å². The Morgan fingerprint density at radius 3 is 2.65 bits per heavy atom. The molecule has 0 spiro atoms. The van der Waals surface area contributed by atoms with Gasteiger partial charge in [0.25, 0.3) is 5.24 Å². The van der Waals surface area contributed by atoms with Crippen molar-refractivity contribution in [3.05, 3.63) is 34.7 Å². The third-order valence-corrected chi connectivity index (χ3v) is 4.54. The van der Waals surface area contributed by atoms with Crippen molar-refractivity contribution < 1.29 is 19.1 Å². The summed E-state index contributed by atoms with van der Waals surface area (Å²) >= 11 is 6.32. The third-order valence-electron chi connectivity index (χ3n) is 3.04. The van der Waals surface area contributed by atoms with Crippen LogP contribution in [0.2, 0.25) is 0 Å². The molecule has 0 unspecified atom stereocenters. The Morgan fingerprint density at radius 2 is 2.04 bits per heavy atom. The summed E-state index contributed by atoms with van der Waals surface area (Å²) in [6, 6.07) is 7.41. The molecule has 1 aliphatic heterocycles. The van der Waals surface area contributed by atoms with Crippen LogP contribution >= 0.6 is 24.0 Å². The van der Waals surface area contributed by atoms with Gasteiger partial charge >= 0.3 is 5.97 Å². The Morgan fingerprint density at radius 1 is 1.35 bits per heavy atom. The standard InChI is InChI=1S/C16H17NO4S2/c1-3-8-21-14(18)10-17-15(22)13(23-16(17)19)9-11-4-6-12(20-2)7-5-11/h4-7,9H,3,8,10H2,1-2H3. The minimum atomic E-state index is -0.450. The van der Waals surface area contributed by atoms with Gasteiger partial charge in [0.2, 0.25) is 0 Å². The van der Waals surface area contributed by atoms with E-state index in [1.165, 1.54) is 4.90 Å². The van der Waals surface area contributed by atoms with Crippen LogP contribution in [0.5, 0.6) is 5.75 Å². The van der Waals surface area contributed by atoms with Gasteiger partial charge in [-0.2, -0.15) is 0 Å². The number of carbonyl (C=O) groups excluding carboxylic acids is 2. The molecule has 1 heterocycles. The van der Waals surface area contributed by atoms with Crippen LogP contribution in [-0.2, 0) is 9.53 Å². The fourth-order valence-corrected chi connectivity index (χ4v) is 3.11. The molecule has 1 fully saturated rings. The maximum absolute atomic E-state index is 12.0. The molecule has 1 aliphatic rings. The molecule has 7 heteroatoms. The highest BCUT2D eigenvalue weighted by atomic mass is 32.2. The number of hydrogen-bond donors (Lipinski definition) is 0. The monoisotopic (exact) mass is 351 g/mol. The van der Waals surface area contributed by atoms with E-state index < -0.39 is 5.97 Å². The Bertz CT molecular complexity index is 640. The quantitative estimate of drug-likeness (QED) is 0.444. The molecule has 0 bridgehead atoms. The zero-order chi connectivity index (χ0) is 16.8. The largest absolute Gasteiger partial charge is 0.497 e. The Balaban J connectivity index is 2.07. The van der Waals surface area contributed by atoms with E-state index in [9.17, 15) is 9.59 Å². The second-order valence-corrected chi connectivity index (χ2v) is 6.14. The fraction of sp³-hybridized carbons (Fsp3) is 0.312. The molecule has 122 valence electrons. The van der Waals surface area contributed by atoms with Crippen LogP contribution in [0, 0.1) is 0 Å². The predicted octanol–water partition coefficient (Wildman–Crippen LogP) is 3.49. The van der Waals surface area contributed by atoms with Gasteiger partial charge in [0.15, 0.2) is 0 Å². The average molecular weight is 351 g/mol. The van der Waals surface area contributed by atoms with Crippen molar-refractivity contribution >= 4 is 46.3 Å². The fourth-order valence-electron chi connectivity index (χ4n) is 1.88. The number of methoxy groups -OCH3 is 1. The van der Waals surface area contributed by atoms with Gasteiger partial charge in [-0.05, 0) is 42.0 Å². The Kier molecular flexibility index (Phi) is 6.18. The predicted molar refractivity (Wildman–Crippen MR) is 94.5 cm³/mol. The van der Waals surface area contributed by atoms with Gasteiger partial charge in [-0.25, -0.2) is 0 Å². The summed E-state index contributed by atoms with van der Waals surface area (Å²) in [5.41, 5.74) is 0.902. The number of thiocarbonyl (C=S) groups is 1. The number of rotatable bonds is 6. The normalized spacial score (nSPS) is 16.1. The highest BCUT2D eigenvalue weighted by Gasteiger charge is 2.33. The van der Waals surface area contributed by atoms with Crippen LogP contribution in [0.1, 0.15) is 18.9 Å². The van der Waals surface area contributed by atoms with Gasteiger partial charge in [0.05, 0.1) is 18.6 Å². The first-order chi connectivity index (χ1) is 11.0. The average Bonchev–Trinajstić information content (AvgIpc) is 2.81. The highest BCUT2D eigenvalue weighted by Crippen LogP contribution is 2.33. The van der Waals surface area contributed by atoms with Gasteiger partial charge in [-0.3, -0.25) is 14.5 Å². The molecule has 1 amide bonds. The number of amides is 1. The molecule has 1 aromatic carbocycles. The van der Waals surface area contributed by atoms with E-state index in [1.54, 1.807) is 7.11 Å². The molecular weight excluding hydrogens is 334 g/mol. The van der Waals surface area contributed by atoms with Gasteiger partial charge in [0.1, 0.15) is 17.3 Å². The van der Waals surface area contributed by atoms with E-state index in [4.69, 9.17) is 21.7 Å². The molecule has 0 aliphatic carbocycles. The molecule has 0 radical (unpaired) electrons. The maximum Gasteiger partial charge on any atom is 0.326 e. The van der Waals surface area contributed by atoms with Crippen molar-refractivity contribution in [2.24, 2.45) is 0 Å². The summed E-state index contributed by atoms with van der Waals surface area (Å²) in [7, 11) is 1.60. The van der Waals surface area contributed by atoms with Crippen LogP contribution in [0.25, 0.3) is 6.08 Å². The van der Waals surface area contributed by atoms with Gasteiger partial charge in [-0.15, -0.1) is 0 Å². The lowest BCUT2D eigenvalue weighted by atomic mass is 10.2. The summed E-state index contributed by atoms with van der Waals surface area (Å²) in [6.45, 7) is 2.10. The number of ether oxygens (including phenoxy) is 2. The van der Waals surface area contributed by atoms with Crippen LogP contribution in [0.3, 0.4) is 0 Å². The molecule has 0 atom stereocenters. The summed E-state index contributed by atoms with van der Waals surface area (Å²) in [6.07, 6.45) is 2.56. The van der Waals surface area contributed by atoms with Crippen LogP contribution in [-0.4, -0.2) is 41.4 Å². The molecule has 1 saturated heterocycles. The maximum atomic E-state index is 12.0. The first-order valence-corrected chi connectivity index (χ1v) is 8.32. The van der Waals surface area contributed by atoms with E-state index in [2.05, 4.69) is 0 Å². The molecule has 1 aromatic rings. The topological polar surface area (TPSA) is 55.8 Å². The first-order valence-electron chi connectivity index (χ1n) is 7.10. The zero-order valence-electron chi connectivity index (χ0n) is 12.9. The van der Waals surface area contributed by atoms with E-state index in [0.29, 0.717) is 16.5 Å². The van der Waals surface area contributed by atoms with E-state index in [0.717, 1.165) is 29.5 Å². The second kappa shape index (κ2) is 8.12. The van der Waals surface area contributed by atoms with E-state index in [-0.39, 0.29) is 11.8 Å². The first kappa shape index (κ1) is 17.5. The lowest BCUT2D eigenvalue weighted by molar-refractivity contribution is -0.143. The zero-order valence-corrected chi connectivity index (χ0v) is 14.5. The number of esters is 1. The van der Waals surface area contributed by atoms with Crippen molar-refractivity contribution in [3.63, 3.8) is 0 Å². The number of nitrogens with zero attached hydrogens (tertiary/aromatic N) is 1. The van der Waals surface area contributed by atoms with Gasteiger partial charge in [-0.1, -0.05) is 31.3 Å². The van der Waals surface area contributed by atoms with Crippen molar-refractivity contribution in [1.29, 1.82) is 0 Å². The Hall–Kier alpha value is -1.86. The van der Waals surface area contributed by atoms with Crippen LogP contribution in [0.4, 0.5) is 4.79 Å². The van der Waals surface area contributed by atoms with E-state index in [1.807, 2.05) is 37.3 Å². The molecule has 2 rings (SSSR count). The van der Waals surface area contributed by atoms with Crippen molar-refractivity contribution in [2.45, 2.75) is 13.3 Å². The smallest absolute Gasteiger partial charge is 0.326 e. The molecule has 0 aromatic heterocycles. The number of thioether (sulfide) groups is 1. The van der Waals surface area contributed by atoms with Crippen molar-refractivity contribution in [3.8, 4) is 5.75 Å². The molecule has 23 heavy (non-hydrogen) atoms. The number of hydrogen-bond acceptors (Lipinski definition) is 6. The molecular formula is C16H17NO4S2. The highest BCUT2D eigenvalue weighted by molar-refractivity contribution is 8.19.